The summed E-state index contributed by atoms with van der Waals surface area (Å²) in [6.45, 7) is 5.49. The predicted octanol–water partition coefficient (Wildman–Crippen LogP) is 2.65. The van der Waals surface area contributed by atoms with Crippen LogP contribution in [0.25, 0.3) is 0 Å². The van der Waals surface area contributed by atoms with Gasteiger partial charge in [-0.2, -0.15) is 0 Å². The van der Waals surface area contributed by atoms with Crippen molar-refractivity contribution >= 4 is 18.1 Å². The average molecular weight is 177 g/mol. The molecule has 0 aromatic heterocycles. The normalized spacial score (nSPS) is 11.5. The molecule has 0 bridgehead atoms. The Morgan fingerprint density at radius 2 is 2.18 bits per heavy atom. The summed E-state index contributed by atoms with van der Waals surface area (Å²) in [6.07, 6.45) is 4.83. The van der Waals surface area contributed by atoms with Crippen molar-refractivity contribution in [1.29, 1.82) is 0 Å². The lowest BCUT2D eigenvalue weighted by atomic mass is 10.1. The first kappa shape index (κ1) is 12.9. The summed E-state index contributed by atoms with van der Waals surface area (Å²) in [6, 6.07) is 0. The SMILES string of the molecule is C=CC(C)C/C=C/Cl.O=CO. The van der Waals surface area contributed by atoms with Crippen LogP contribution in [-0.2, 0) is 4.79 Å². The van der Waals surface area contributed by atoms with Crippen molar-refractivity contribution in [2.75, 3.05) is 0 Å². The van der Waals surface area contributed by atoms with Gasteiger partial charge in [0, 0.05) is 5.54 Å². The second kappa shape index (κ2) is 12.0. The van der Waals surface area contributed by atoms with Crippen LogP contribution >= 0.6 is 11.6 Å². The Balaban J connectivity index is 0. The molecule has 0 saturated heterocycles. The van der Waals surface area contributed by atoms with Crippen LogP contribution in [0.1, 0.15) is 13.3 Å². The van der Waals surface area contributed by atoms with E-state index in [1.807, 2.05) is 12.2 Å². The Hall–Kier alpha value is -0.760. The first-order valence-electron chi connectivity index (χ1n) is 3.18. The zero-order chi connectivity index (χ0) is 9.11. The Morgan fingerprint density at radius 1 is 1.73 bits per heavy atom. The number of halogens is 1. The standard InChI is InChI=1S/C7H11Cl.CH2O2/c1-3-7(2)5-4-6-8;2-1-3/h3-4,6-7H,1,5H2,2H3;1H,(H,2,3)/b6-4+;. The van der Waals surface area contributed by atoms with E-state index in [2.05, 4.69) is 13.5 Å². The van der Waals surface area contributed by atoms with Gasteiger partial charge in [0.15, 0.2) is 0 Å². The van der Waals surface area contributed by atoms with Crippen LogP contribution in [0.15, 0.2) is 24.3 Å². The van der Waals surface area contributed by atoms with Crippen molar-refractivity contribution in [3.05, 3.63) is 24.3 Å². The number of allylic oxidation sites excluding steroid dienone is 2. The number of rotatable bonds is 3. The predicted molar refractivity (Wildman–Crippen MR) is 47.7 cm³/mol. The topological polar surface area (TPSA) is 37.3 Å². The third-order valence-corrected chi connectivity index (χ3v) is 1.18. The van der Waals surface area contributed by atoms with E-state index >= 15 is 0 Å². The van der Waals surface area contributed by atoms with Crippen LogP contribution in [-0.4, -0.2) is 11.6 Å². The van der Waals surface area contributed by atoms with E-state index in [1.165, 1.54) is 0 Å². The summed E-state index contributed by atoms with van der Waals surface area (Å²) in [5, 5.41) is 6.89. The van der Waals surface area contributed by atoms with Gasteiger partial charge in [-0.25, -0.2) is 0 Å². The molecule has 0 aliphatic heterocycles. The molecule has 0 rings (SSSR count). The summed E-state index contributed by atoms with van der Waals surface area (Å²) < 4.78 is 0. The van der Waals surface area contributed by atoms with E-state index in [0.29, 0.717) is 5.92 Å². The molecule has 1 N–H and O–H groups in total. The highest BCUT2D eigenvalue weighted by Crippen LogP contribution is 2.02. The van der Waals surface area contributed by atoms with E-state index in [-0.39, 0.29) is 6.47 Å². The van der Waals surface area contributed by atoms with Crippen LogP contribution < -0.4 is 0 Å². The molecular weight excluding hydrogens is 164 g/mol. The molecule has 0 aliphatic rings. The molecule has 0 aliphatic carbocycles. The highest BCUT2D eigenvalue weighted by atomic mass is 35.5. The minimum atomic E-state index is -0.250. The summed E-state index contributed by atoms with van der Waals surface area (Å²) in [5.41, 5.74) is 1.54. The zero-order valence-corrected chi connectivity index (χ0v) is 7.29. The second-order valence-electron chi connectivity index (χ2n) is 1.92. The fraction of sp³-hybridized carbons (Fsp3) is 0.375. The van der Waals surface area contributed by atoms with Crippen LogP contribution in [0, 0.1) is 5.92 Å². The van der Waals surface area contributed by atoms with Gasteiger partial charge >= 0.3 is 0 Å². The third-order valence-electron chi connectivity index (χ3n) is 0.999. The van der Waals surface area contributed by atoms with Gasteiger partial charge in [0.1, 0.15) is 0 Å². The van der Waals surface area contributed by atoms with Crippen LogP contribution in [0.2, 0.25) is 0 Å². The number of hydrogen-bond acceptors (Lipinski definition) is 1. The average Bonchev–Trinajstić information content (AvgIpc) is 2.02. The van der Waals surface area contributed by atoms with Crippen molar-refractivity contribution in [2.24, 2.45) is 5.92 Å². The summed E-state index contributed by atoms with van der Waals surface area (Å²) in [4.78, 5) is 8.36. The number of hydrogen-bond donors (Lipinski definition) is 1. The van der Waals surface area contributed by atoms with Gasteiger partial charge in [-0.15, -0.1) is 6.58 Å². The minimum Gasteiger partial charge on any atom is -0.483 e. The molecule has 0 spiro atoms. The fourth-order valence-electron chi connectivity index (χ4n) is 0.362. The maximum absolute atomic E-state index is 8.36. The smallest absolute Gasteiger partial charge is 0.290 e. The van der Waals surface area contributed by atoms with Gasteiger partial charge in [-0.3, -0.25) is 4.79 Å². The van der Waals surface area contributed by atoms with Crippen LogP contribution in [0.4, 0.5) is 0 Å². The lowest BCUT2D eigenvalue weighted by molar-refractivity contribution is -0.122. The van der Waals surface area contributed by atoms with E-state index < -0.39 is 0 Å². The van der Waals surface area contributed by atoms with Crippen LogP contribution in [0.5, 0.6) is 0 Å². The molecule has 0 saturated carbocycles. The Kier molecular flexibility index (Phi) is 14.0. The largest absolute Gasteiger partial charge is 0.483 e. The minimum absolute atomic E-state index is 0.250. The van der Waals surface area contributed by atoms with Crippen molar-refractivity contribution < 1.29 is 9.90 Å². The molecule has 0 fully saturated rings. The molecule has 1 atom stereocenters. The Labute approximate surface area is 72.2 Å². The highest BCUT2D eigenvalue weighted by molar-refractivity contribution is 6.25. The first-order valence-corrected chi connectivity index (χ1v) is 3.62. The summed E-state index contributed by atoms with van der Waals surface area (Å²) >= 11 is 5.29. The Bertz CT molecular complexity index is 121. The monoisotopic (exact) mass is 176 g/mol. The van der Waals surface area contributed by atoms with Crippen molar-refractivity contribution in [3.63, 3.8) is 0 Å². The lowest BCUT2D eigenvalue weighted by Crippen LogP contribution is -1.82. The van der Waals surface area contributed by atoms with E-state index in [1.54, 1.807) is 5.54 Å². The molecule has 0 heterocycles. The number of carbonyl (C=O) groups is 1. The van der Waals surface area contributed by atoms with Crippen molar-refractivity contribution in [1.82, 2.24) is 0 Å². The first-order chi connectivity index (χ1) is 5.22. The fourth-order valence-corrected chi connectivity index (χ4v) is 0.465. The molecule has 0 amide bonds. The third kappa shape index (κ3) is 17.6. The quantitative estimate of drug-likeness (QED) is 0.530. The molecule has 3 heteroatoms. The van der Waals surface area contributed by atoms with Crippen LogP contribution in [0.3, 0.4) is 0 Å². The van der Waals surface area contributed by atoms with Gasteiger partial charge in [0.25, 0.3) is 6.47 Å². The maximum atomic E-state index is 8.36. The highest BCUT2D eigenvalue weighted by Gasteiger charge is 1.87. The van der Waals surface area contributed by atoms with Crippen molar-refractivity contribution in [3.8, 4) is 0 Å². The molecule has 11 heavy (non-hydrogen) atoms. The van der Waals surface area contributed by atoms with E-state index in [0.717, 1.165) is 6.42 Å². The number of carboxylic acid groups (broad SMARTS) is 1. The molecule has 64 valence electrons. The van der Waals surface area contributed by atoms with Gasteiger partial charge in [0.05, 0.1) is 0 Å². The lowest BCUT2D eigenvalue weighted by Gasteiger charge is -1.96. The molecular formula is C8H13ClO2. The van der Waals surface area contributed by atoms with Gasteiger partial charge < -0.3 is 5.11 Å². The van der Waals surface area contributed by atoms with Crippen molar-refractivity contribution in [2.45, 2.75) is 13.3 Å². The molecule has 0 radical (unpaired) electrons. The molecule has 2 nitrogen and oxygen atoms in total. The maximum Gasteiger partial charge on any atom is 0.290 e. The summed E-state index contributed by atoms with van der Waals surface area (Å²) in [7, 11) is 0. The van der Waals surface area contributed by atoms with Gasteiger partial charge in [0.2, 0.25) is 0 Å². The van der Waals surface area contributed by atoms with Gasteiger partial charge in [-0.05, 0) is 12.3 Å². The Morgan fingerprint density at radius 3 is 2.45 bits per heavy atom. The summed E-state index contributed by atoms with van der Waals surface area (Å²) in [5.74, 6) is 0.546. The van der Waals surface area contributed by atoms with Gasteiger partial charge in [-0.1, -0.05) is 30.7 Å². The molecule has 0 aromatic rings. The van der Waals surface area contributed by atoms with E-state index in [4.69, 9.17) is 21.5 Å². The zero-order valence-electron chi connectivity index (χ0n) is 6.53. The van der Waals surface area contributed by atoms with E-state index in [9.17, 15) is 0 Å². The molecule has 0 aromatic carbocycles. The molecule has 1 unspecified atom stereocenters. The second-order valence-corrected chi connectivity index (χ2v) is 2.17.